The fraction of sp³-hybridized carbons (Fsp3) is 0.238. The van der Waals surface area contributed by atoms with Gasteiger partial charge >= 0.3 is 0 Å². The summed E-state index contributed by atoms with van der Waals surface area (Å²) in [5, 5.41) is 23.4. The summed E-state index contributed by atoms with van der Waals surface area (Å²) in [4.78, 5) is 8.78. The first-order chi connectivity index (χ1) is 14.3. The normalized spacial score (nSPS) is 12.9. The number of aliphatic hydroxyl groups excluding tert-OH is 2. The maximum Gasteiger partial charge on any atom is 0.132 e. The second kappa shape index (κ2) is 8.32. The van der Waals surface area contributed by atoms with Crippen LogP contribution in [0, 0.1) is 0 Å². The van der Waals surface area contributed by atoms with Crippen molar-refractivity contribution in [1.82, 2.24) is 9.97 Å². The summed E-state index contributed by atoms with van der Waals surface area (Å²) >= 11 is 1.59. The molecule has 2 heterocycles. The van der Waals surface area contributed by atoms with Gasteiger partial charge in [-0.1, -0.05) is 0 Å². The first-order valence-electron chi connectivity index (χ1n) is 9.35. The molecule has 9 heteroatoms. The molecule has 0 radical (unpaired) electrons. The first kappa shape index (κ1) is 20.8. The number of aromatic nitrogens is 2. The lowest BCUT2D eigenvalue weighted by molar-refractivity contribution is 0.0540. The van der Waals surface area contributed by atoms with Crippen molar-refractivity contribution in [3.05, 3.63) is 48.1 Å². The van der Waals surface area contributed by atoms with E-state index in [2.05, 4.69) is 15.3 Å². The van der Waals surface area contributed by atoms with Gasteiger partial charge in [0.1, 0.15) is 25.6 Å². The van der Waals surface area contributed by atoms with Crippen LogP contribution in [0.4, 0.5) is 11.4 Å². The molecule has 7 nitrogen and oxygen atoms in total. The van der Waals surface area contributed by atoms with Gasteiger partial charge in [-0.05, 0) is 43.7 Å². The maximum absolute atomic E-state index is 12.9. The van der Waals surface area contributed by atoms with Crippen molar-refractivity contribution in [2.75, 3.05) is 31.9 Å². The number of nitrogens with one attached hydrogen (secondary N) is 1. The highest BCUT2D eigenvalue weighted by molar-refractivity contribution is 7.70. The summed E-state index contributed by atoms with van der Waals surface area (Å²) in [6.45, 7) is 2.83. The number of rotatable bonds is 7. The third-order valence-electron chi connectivity index (χ3n) is 4.65. The zero-order valence-corrected chi connectivity index (χ0v) is 18.3. The Morgan fingerprint density at radius 1 is 1.17 bits per heavy atom. The number of fused-ring (bicyclic) bond motifs is 2. The molecule has 0 saturated carbocycles. The zero-order valence-electron chi connectivity index (χ0n) is 16.6. The standard InChI is InChI=1S/C21H22N3O4PS/c1-29(2,27)20-8-15-16(24-13-3-4-21-18(7-13)23-12-30-21)5-6-22-17(15)9-19(20)28-11-14(26)10-25/h3-9,12,14,25-26H,10-11H2,1-2H3,(H,22,24)/t14-/m1/s1. The molecular weight excluding hydrogens is 421 g/mol. The number of hydrogen-bond acceptors (Lipinski definition) is 8. The molecule has 0 amide bonds. The van der Waals surface area contributed by atoms with E-state index in [1.54, 1.807) is 36.9 Å². The second-order valence-electron chi connectivity index (χ2n) is 7.35. The van der Waals surface area contributed by atoms with Crippen LogP contribution in [0.15, 0.2) is 48.1 Å². The monoisotopic (exact) mass is 443 g/mol. The summed E-state index contributed by atoms with van der Waals surface area (Å²) in [5.41, 5.74) is 5.13. The van der Waals surface area contributed by atoms with Crippen molar-refractivity contribution in [3.63, 3.8) is 0 Å². The van der Waals surface area contributed by atoms with Gasteiger partial charge in [-0.2, -0.15) is 0 Å². The van der Waals surface area contributed by atoms with Crippen molar-refractivity contribution in [2.45, 2.75) is 6.10 Å². The van der Waals surface area contributed by atoms with E-state index in [1.807, 2.05) is 35.8 Å². The Hall–Kier alpha value is -2.51. The molecule has 4 rings (SSSR count). The van der Waals surface area contributed by atoms with Gasteiger partial charge in [0, 0.05) is 29.0 Å². The second-order valence-corrected chi connectivity index (χ2v) is 11.4. The number of hydrogen-bond donors (Lipinski definition) is 3. The van der Waals surface area contributed by atoms with Crippen molar-refractivity contribution >= 4 is 56.3 Å². The average molecular weight is 443 g/mol. The van der Waals surface area contributed by atoms with Crippen molar-refractivity contribution in [2.24, 2.45) is 0 Å². The van der Waals surface area contributed by atoms with Crippen LogP contribution in [0.3, 0.4) is 0 Å². The van der Waals surface area contributed by atoms with Crippen LogP contribution < -0.4 is 15.4 Å². The van der Waals surface area contributed by atoms with Gasteiger partial charge in [0.05, 0.1) is 33.2 Å². The SMILES string of the molecule is CP(C)(=O)c1cc2c(Nc3ccc4scnc4c3)ccnc2cc1OC[C@H](O)CO. The quantitative estimate of drug-likeness (QED) is 0.375. The smallest absolute Gasteiger partial charge is 0.132 e. The van der Waals surface area contributed by atoms with Crippen LogP contribution in [0.1, 0.15) is 0 Å². The minimum atomic E-state index is -2.69. The predicted octanol–water partition coefficient (Wildman–Crippen LogP) is 3.57. The number of pyridine rings is 1. The molecule has 4 aromatic rings. The molecule has 0 aliphatic rings. The molecule has 0 fully saturated rings. The van der Waals surface area contributed by atoms with E-state index in [1.165, 1.54) is 0 Å². The highest BCUT2D eigenvalue weighted by Crippen LogP contribution is 2.41. The lowest BCUT2D eigenvalue weighted by Crippen LogP contribution is -2.23. The Bertz CT molecular complexity index is 1250. The number of nitrogens with zero attached hydrogens (tertiary/aromatic N) is 2. The highest BCUT2D eigenvalue weighted by atomic mass is 32.1. The lowest BCUT2D eigenvalue weighted by atomic mass is 10.1. The van der Waals surface area contributed by atoms with Gasteiger partial charge in [-0.15, -0.1) is 11.3 Å². The third-order valence-corrected chi connectivity index (χ3v) is 6.97. The van der Waals surface area contributed by atoms with Gasteiger partial charge in [-0.3, -0.25) is 4.98 Å². The number of anilines is 2. The van der Waals surface area contributed by atoms with Crippen molar-refractivity contribution in [3.8, 4) is 5.75 Å². The molecule has 0 aliphatic heterocycles. The molecular formula is C21H22N3O4PS. The van der Waals surface area contributed by atoms with Gasteiger partial charge in [0.2, 0.25) is 0 Å². The number of thiazole rings is 1. The Morgan fingerprint density at radius 2 is 2.00 bits per heavy atom. The lowest BCUT2D eigenvalue weighted by Gasteiger charge is -2.18. The fourth-order valence-corrected chi connectivity index (χ4v) is 4.90. The summed E-state index contributed by atoms with van der Waals surface area (Å²) in [6, 6.07) is 11.4. The Labute approximate surface area is 177 Å². The van der Waals surface area contributed by atoms with Gasteiger partial charge in [0.15, 0.2) is 0 Å². The molecule has 156 valence electrons. The fourth-order valence-electron chi connectivity index (χ4n) is 3.14. The maximum atomic E-state index is 12.9. The zero-order chi connectivity index (χ0) is 21.3. The van der Waals surface area contributed by atoms with E-state index in [0.717, 1.165) is 27.0 Å². The van der Waals surface area contributed by atoms with Crippen LogP contribution in [0.2, 0.25) is 0 Å². The summed E-state index contributed by atoms with van der Waals surface area (Å²) in [6.07, 6.45) is 0.679. The molecule has 0 spiro atoms. The summed E-state index contributed by atoms with van der Waals surface area (Å²) < 4.78 is 19.7. The van der Waals surface area contributed by atoms with E-state index in [9.17, 15) is 9.67 Å². The first-order valence-corrected chi connectivity index (χ1v) is 12.8. The van der Waals surface area contributed by atoms with E-state index in [4.69, 9.17) is 9.84 Å². The van der Waals surface area contributed by atoms with Crippen molar-refractivity contribution in [1.29, 1.82) is 0 Å². The van der Waals surface area contributed by atoms with Crippen LogP contribution in [-0.2, 0) is 4.57 Å². The largest absolute Gasteiger partial charge is 0.490 e. The molecule has 0 aliphatic carbocycles. The molecule has 2 aromatic carbocycles. The Kier molecular flexibility index (Phi) is 5.75. The number of aliphatic hydroxyl groups is 2. The van der Waals surface area contributed by atoms with Crippen LogP contribution in [0.25, 0.3) is 21.1 Å². The van der Waals surface area contributed by atoms with Crippen LogP contribution >= 0.6 is 18.5 Å². The van der Waals surface area contributed by atoms with Crippen molar-refractivity contribution < 1.29 is 19.5 Å². The van der Waals surface area contributed by atoms with E-state index >= 15 is 0 Å². The minimum Gasteiger partial charge on any atom is -0.490 e. The van der Waals surface area contributed by atoms with Crippen LogP contribution in [0.5, 0.6) is 5.75 Å². The molecule has 0 unspecified atom stereocenters. The van der Waals surface area contributed by atoms with Crippen LogP contribution in [-0.4, -0.2) is 52.8 Å². The predicted molar refractivity (Wildman–Crippen MR) is 122 cm³/mol. The average Bonchev–Trinajstić information content (AvgIpc) is 3.18. The van der Waals surface area contributed by atoms with E-state index in [-0.39, 0.29) is 6.61 Å². The van der Waals surface area contributed by atoms with Gasteiger partial charge < -0.3 is 24.8 Å². The molecule has 1 atom stereocenters. The Balaban J connectivity index is 1.76. The summed E-state index contributed by atoms with van der Waals surface area (Å²) in [5.74, 6) is 0.400. The Morgan fingerprint density at radius 3 is 2.77 bits per heavy atom. The molecule has 30 heavy (non-hydrogen) atoms. The van der Waals surface area contributed by atoms with Gasteiger partial charge in [-0.25, -0.2) is 4.98 Å². The summed E-state index contributed by atoms with van der Waals surface area (Å²) in [7, 11) is -2.69. The minimum absolute atomic E-state index is 0.0966. The number of benzene rings is 2. The topological polar surface area (TPSA) is 105 Å². The van der Waals surface area contributed by atoms with E-state index < -0.39 is 19.9 Å². The molecule has 0 saturated heterocycles. The molecule has 3 N–H and O–H groups in total. The molecule has 2 aromatic heterocycles. The third kappa shape index (κ3) is 4.32. The highest BCUT2D eigenvalue weighted by Gasteiger charge is 2.20. The molecule has 0 bridgehead atoms. The number of ether oxygens (including phenoxy) is 1. The van der Waals surface area contributed by atoms with E-state index in [0.29, 0.717) is 16.6 Å². The van der Waals surface area contributed by atoms with Gasteiger partial charge in [0.25, 0.3) is 0 Å².